The fourth-order valence-electron chi connectivity index (χ4n) is 4.98. The number of ether oxygens (including phenoxy) is 4. The minimum atomic E-state index is -1.01. The van der Waals surface area contributed by atoms with E-state index >= 15 is 0 Å². The van der Waals surface area contributed by atoms with Gasteiger partial charge in [0, 0.05) is 10.6 Å². The van der Waals surface area contributed by atoms with Gasteiger partial charge in [-0.25, -0.2) is 4.98 Å². The first-order chi connectivity index (χ1) is 20.4. The number of aliphatic hydroxyl groups excluding tert-OH is 1. The molecule has 3 heterocycles. The number of ketones is 1. The minimum absolute atomic E-state index is 0.0846. The summed E-state index contributed by atoms with van der Waals surface area (Å²) in [6.07, 6.45) is 0.810. The van der Waals surface area contributed by atoms with Crippen LogP contribution in [0, 0.1) is 0 Å². The number of anilines is 1. The summed E-state index contributed by atoms with van der Waals surface area (Å²) in [5.74, 6) is -0.0128. The molecule has 2 aliphatic rings. The van der Waals surface area contributed by atoms with Gasteiger partial charge in [0.15, 0.2) is 28.1 Å². The highest BCUT2D eigenvalue weighted by molar-refractivity contribution is 7.22. The summed E-state index contributed by atoms with van der Waals surface area (Å²) in [4.78, 5) is 33.4. The molecule has 2 aliphatic heterocycles. The monoisotopic (exact) mass is 606 g/mol. The molecule has 6 rings (SSSR count). The van der Waals surface area contributed by atoms with Crippen LogP contribution in [0.15, 0.2) is 60.2 Å². The number of hydrogen-bond acceptors (Lipinski definition) is 9. The van der Waals surface area contributed by atoms with Gasteiger partial charge in [0.2, 0.25) is 0 Å². The van der Waals surface area contributed by atoms with Crippen molar-refractivity contribution in [1.82, 2.24) is 4.98 Å². The first kappa shape index (κ1) is 27.9. The number of rotatable bonds is 8. The molecule has 1 amide bonds. The Kier molecular flexibility index (Phi) is 7.66. The summed E-state index contributed by atoms with van der Waals surface area (Å²) < 4.78 is 23.8. The van der Waals surface area contributed by atoms with E-state index in [1.54, 1.807) is 54.6 Å². The van der Waals surface area contributed by atoms with Crippen LogP contribution in [0.25, 0.3) is 16.0 Å². The van der Waals surface area contributed by atoms with E-state index in [-0.39, 0.29) is 11.3 Å². The van der Waals surface area contributed by atoms with E-state index in [0.29, 0.717) is 76.2 Å². The second kappa shape index (κ2) is 11.5. The van der Waals surface area contributed by atoms with E-state index in [0.717, 1.165) is 11.1 Å². The summed E-state index contributed by atoms with van der Waals surface area (Å²) in [5, 5.41) is 12.4. The molecule has 0 saturated carbocycles. The van der Waals surface area contributed by atoms with Crippen LogP contribution in [-0.4, -0.2) is 48.2 Å². The molecule has 0 aliphatic carbocycles. The Balaban J connectivity index is 1.53. The number of thiazole rings is 1. The van der Waals surface area contributed by atoms with Crippen LogP contribution in [0.4, 0.5) is 5.13 Å². The van der Waals surface area contributed by atoms with Gasteiger partial charge in [0.05, 0.1) is 35.0 Å². The fraction of sp³-hybridized carbons (Fsp3) is 0.258. The standard InChI is InChI=1S/C31H27ClN2O7S/c1-3-11-39-21-9-5-17(14-23(21)38-4-2)27-26(28(35)18-6-10-22-24(15-18)41-13-12-40-22)29(36)30(37)34(27)31-33-20-8-7-19(32)16-25(20)42-31/h5-10,14-16,27,35H,3-4,11-13H2,1-2H3/t27-/m1/s1. The van der Waals surface area contributed by atoms with E-state index < -0.39 is 17.7 Å². The first-order valence-corrected chi connectivity index (χ1v) is 14.8. The van der Waals surface area contributed by atoms with Gasteiger partial charge in [-0.05, 0) is 67.4 Å². The van der Waals surface area contributed by atoms with Crippen molar-refractivity contribution in [2.45, 2.75) is 26.3 Å². The summed E-state index contributed by atoms with van der Waals surface area (Å²) in [6.45, 7) is 5.51. The number of nitrogens with zero attached hydrogens (tertiary/aromatic N) is 2. The molecule has 0 unspecified atom stereocenters. The Bertz CT molecular complexity index is 1730. The fourth-order valence-corrected chi connectivity index (χ4v) is 6.24. The van der Waals surface area contributed by atoms with Crippen molar-refractivity contribution in [3.63, 3.8) is 0 Å². The van der Waals surface area contributed by atoms with Gasteiger partial charge in [-0.3, -0.25) is 14.5 Å². The van der Waals surface area contributed by atoms with E-state index in [4.69, 9.17) is 30.5 Å². The molecule has 0 spiro atoms. The van der Waals surface area contributed by atoms with E-state index in [2.05, 4.69) is 4.98 Å². The predicted octanol–water partition coefficient (Wildman–Crippen LogP) is 6.53. The Morgan fingerprint density at radius 3 is 2.62 bits per heavy atom. The highest BCUT2D eigenvalue weighted by atomic mass is 35.5. The van der Waals surface area contributed by atoms with Crippen molar-refractivity contribution in [3.05, 3.63) is 76.3 Å². The van der Waals surface area contributed by atoms with Crippen molar-refractivity contribution in [3.8, 4) is 23.0 Å². The third-order valence-corrected chi connectivity index (χ3v) is 8.10. The van der Waals surface area contributed by atoms with Gasteiger partial charge in [-0.1, -0.05) is 35.9 Å². The lowest BCUT2D eigenvalue weighted by Crippen LogP contribution is -2.29. The summed E-state index contributed by atoms with van der Waals surface area (Å²) in [6, 6.07) is 14.4. The first-order valence-electron chi connectivity index (χ1n) is 13.6. The van der Waals surface area contributed by atoms with Crippen molar-refractivity contribution in [1.29, 1.82) is 0 Å². The number of carbonyl (C=O) groups excluding carboxylic acids is 2. The largest absolute Gasteiger partial charge is 0.507 e. The zero-order valence-corrected chi connectivity index (χ0v) is 24.5. The average Bonchev–Trinajstić information content (AvgIpc) is 3.53. The molecule has 0 bridgehead atoms. The summed E-state index contributed by atoms with van der Waals surface area (Å²) in [7, 11) is 0. The van der Waals surface area contributed by atoms with Crippen LogP contribution in [0.3, 0.4) is 0 Å². The lowest BCUT2D eigenvalue weighted by atomic mass is 9.95. The topological polar surface area (TPSA) is 107 Å². The third-order valence-electron chi connectivity index (χ3n) is 6.85. The van der Waals surface area contributed by atoms with Crippen LogP contribution < -0.4 is 23.8 Å². The Morgan fingerprint density at radius 2 is 1.83 bits per heavy atom. The second-order valence-corrected chi connectivity index (χ2v) is 11.1. The molecule has 11 heteroatoms. The molecular formula is C31H27ClN2O7S. The number of fused-ring (bicyclic) bond motifs is 2. The molecule has 1 aromatic heterocycles. The Morgan fingerprint density at radius 1 is 1.02 bits per heavy atom. The van der Waals surface area contributed by atoms with Crippen molar-refractivity contribution < 1.29 is 33.6 Å². The highest BCUT2D eigenvalue weighted by Gasteiger charge is 2.48. The van der Waals surface area contributed by atoms with Crippen LogP contribution in [0.1, 0.15) is 37.4 Å². The molecule has 9 nitrogen and oxygen atoms in total. The lowest BCUT2D eigenvalue weighted by molar-refractivity contribution is -0.132. The molecule has 1 N–H and O–H groups in total. The van der Waals surface area contributed by atoms with Crippen LogP contribution in [-0.2, 0) is 9.59 Å². The average molecular weight is 607 g/mol. The van der Waals surface area contributed by atoms with Crippen LogP contribution >= 0.6 is 22.9 Å². The normalized spacial score (nSPS) is 17.6. The zero-order chi connectivity index (χ0) is 29.4. The van der Waals surface area contributed by atoms with Crippen molar-refractivity contribution in [2.24, 2.45) is 0 Å². The number of amides is 1. The molecule has 216 valence electrons. The van der Waals surface area contributed by atoms with Gasteiger partial charge >= 0.3 is 5.91 Å². The maximum Gasteiger partial charge on any atom is 0.301 e. The highest BCUT2D eigenvalue weighted by Crippen LogP contribution is 2.46. The minimum Gasteiger partial charge on any atom is -0.507 e. The Hall–Kier alpha value is -4.28. The van der Waals surface area contributed by atoms with E-state index in [1.807, 2.05) is 13.8 Å². The SMILES string of the molecule is CCCOc1ccc([C@@H]2C(=C(O)c3ccc4c(c3)OCCO4)C(=O)C(=O)N2c2nc3ccc(Cl)cc3s2)cc1OCC. The number of hydrogen-bond donors (Lipinski definition) is 1. The van der Waals surface area contributed by atoms with Crippen LogP contribution in [0.2, 0.25) is 5.02 Å². The molecule has 4 aromatic rings. The van der Waals surface area contributed by atoms with Gasteiger partial charge < -0.3 is 24.1 Å². The molecule has 3 aromatic carbocycles. The van der Waals surface area contributed by atoms with Crippen molar-refractivity contribution in [2.75, 3.05) is 31.3 Å². The number of aromatic nitrogens is 1. The predicted molar refractivity (Wildman–Crippen MR) is 160 cm³/mol. The molecule has 1 atom stereocenters. The lowest BCUT2D eigenvalue weighted by Gasteiger charge is -2.24. The maximum absolute atomic E-state index is 13.7. The number of carbonyl (C=O) groups is 2. The summed E-state index contributed by atoms with van der Waals surface area (Å²) >= 11 is 7.43. The third kappa shape index (κ3) is 5.01. The quantitative estimate of drug-likeness (QED) is 0.137. The number of aliphatic hydroxyl groups is 1. The maximum atomic E-state index is 13.7. The van der Waals surface area contributed by atoms with E-state index in [1.165, 1.54) is 16.2 Å². The number of Topliss-reactive ketones (excluding diaryl/α,β-unsaturated/α-hetero) is 1. The molecule has 1 saturated heterocycles. The van der Waals surface area contributed by atoms with Gasteiger partial charge in [0.1, 0.15) is 19.0 Å². The molecular weight excluding hydrogens is 580 g/mol. The van der Waals surface area contributed by atoms with E-state index in [9.17, 15) is 14.7 Å². The van der Waals surface area contributed by atoms with Gasteiger partial charge in [-0.15, -0.1) is 0 Å². The number of halogens is 1. The van der Waals surface area contributed by atoms with Gasteiger partial charge in [0.25, 0.3) is 5.78 Å². The van der Waals surface area contributed by atoms with Crippen LogP contribution in [0.5, 0.6) is 23.0 Å². The summed E-state index contributed by atoms with van der Waals surface area (Å²) in [5.41, 5.74) is 1.40. The smallest absolute Gasteiger partial charge is 0.301 e. The Labute approximate surface area is 250 Å². The van der Waals surface area contributed by atoms with Gasteiger partial charge in [-0.2, -0.15) is 0 Å². The molecule has 42 heavy (non-hydrogen) atoms. The number of benzene rings is 3. The van der Waals surface area contributed by atoms with Crippen molar-refractivity contribution >= 4 is 55.7 Å². The second-order valence-electron chi connectivity index (χ2n) is 9.62. The molecule has 0 radical (unpaired) electrons. The zero-order valence-electron chi connectivity index (χ0n) is 22.9. The molecule has 1 fully saturated rings.